The number of furan rings is 1. The second kappa shape index (κ2) is 6.45. The second-order valence-electron chi connectivity index (χ2n) is 4.38. The highest BCUT2D eigenvalue weighted by molar-refractivity contribution is 5.91. The minimum Gasteiger partial charge on any atom is -0.459 e. The van der Waals surface area contributed by atoms with Crippen molar-refractivity contribution in [2.45, 2.75) is 45.1 Å². The Balaban J connectivity index is 2.49. The van der Waals surface area contributed by atoms with Crippen LogP contribution in [0, 0.1) is 0 Å². The van der Waals surface area contributed by atoms with Gasteiger partial charge >= 0.3 is 0 Å². The third-order valence-electron chi connectivity index (χ3n) is 2.75. The maximum Gasteiger partial charge on any atom is 0.287 e. The van der Waals surface area contributed by atoms with Gasteiger partial charge in [-0.2, -0.15) is 0 Å². The van der Waals surface area contributed by atoms with Crippen LogP contribution in [-0.4, -0.2) is 23.2 Å². The fourth-order valence-electron chi connectivity index (χ4n) is 1.97. The molecule has 0 spiro atoms. The van der Waals surface area contributed by atoms with Crippen LogP contribution < -0.4 is 5.32 Å². The summed E-state index contributed by atoms with van der Waals surface area (Å²) in [5, 5.41) is 13.0. The van der Waals surface area contributed by atoms with Crippen molar-refractivity contribution in [1.82, 2.24) is 5.32 Å². The first kappa shape index (κ1) is 13.8. The first-order valence-corrected chi connectivity index (χ1v) is 6.15. The quantitative estimate of drug-likeness (QED) is 0.767. The standard InChI is InChI=1S/C13H21NO3/c1-3-7-13(16,8-4-2)10-14-12(15)11-6-5-9-17-11/h5-6,9,16H,3-4,7-8,10H2,1-2H3,(H,14,15). The maximum absolute atomic E-state index is 11.6. The molecule has 1 rings (SSSR count). The third-order valence-corrected chi connectivity index (χ3v) is 2.75. The van der Waals surface area contributed by atoms with E-state index in [0.717, 1.165) is 12.8 Å². The molecule has 2 N–H and O–H groups in total. The lowest BCUT2D eigenvalue weighted by atomic mass is 9.92. The number of hydrogen-bond acceptors (Lipinski definition) is 3. The van der Waals surface area contributed by atoms with Crippen LogP contribution in [0.25, 0.3) is 0 Å². The molecule has 0 aliphatic carbocycles. The SMILES string of the molecule is CCCC(O)(CCC)CNC(=O)c1ccco1. The Morgan fingerprint density at radius 3 is 2.53 bits per heavy atom. The number of rotatable bonds is 7. The molecule has 96 valence electrons. The van der Waals surface area contributed by atoms with Gasteiger partial charge in [0.25, 0.3) is 5.91 Å². The number of amides is 1. The summed E-state index contributed by atoms with van der Waals surface area (Å²) in [4.78, 5) is 11.6. The van der Waals surface area contributed by atoms with E-state index in [1.807, 2.05) is 13.8 Å². The summed E-state index contributed by atoms with van der Waals surface area (Å²) >= 11 is 0. The summed E-state index contributed by atoms with van der Waals surface area (Å²) in [6.45, 7) is 4.32. The van der Waals surface area contributed by atoms with Crippen LogP contribution >= 0.6 is 0 Å². The predicted molar refractivity (Wildman–Crippen MR) is 65.8 cm³/mol. The van der Waals surface area contributed by atoms with Crippen LogP contribution in [0.15, 0.2) is 22.8 Å². The van der Waals surface area contributed by atoms with E-state index in [0.29, 0.717) is 12.8 Å². The van der Waals surface area contributed by atoms with Gasteiger partial charge in [-0.1, -0.05) is 26.7 Å². The highest BCUT2D eigenvalue weighted by Crippen LogP contribution is 2.18. The molecule has 0 bridgehead atoms. The third kappa shape index (κ3) is 4.23. The Kier molecular flexibility index (Phi) is 5.22. The zero-order valence-electron chi connectivity index (χ0n) is 10.5. The Bertz CT molecular complexity index is 326. The van der Waals surface area contributed by atoms with Gasteiger partial charge in [0.15, 0.2) is 5.76 Å². The molecule has 17 heavy (non-hydrogen) atoms. The van der Waals surface area contributed by atoms with Gasteiger partial charge in [0.1, 0.15) is 0 Å². The lowest BCUT2D eigenvalue weighted by Crippen LogP contribution is -2.42. The summed E-state index contributed by atoms with van der Waals surface area (Å²) in [6.07, 6.45) is 4.64. The molecular weight excluding hydrogens is 218 g/mol. The average Bonchev–Trinajstić information content (AvgIpc) is 2.80. The summed E-state index contributed by atoms with van der Waals surface area (Å²) in [7, 11) is 0. The Morgan fingerprint density at radius 2 is 2.06 bits per heavy atom. The molecule has 0 saturated carbocycles. The largest absolute Gasteiger partial charge is 0.459 e. The number of carbonyl (C=O) groups excluding carboxylic acids is 1. The van der Waals surface area contributed by atoms with E-state index in [-0.39, 0.29) is 18.2 Å². The number of nitrogens with one attached hydrogen (secondary N) is 1. The lowest BCUT2D eigenvalue weighted by molar-refractivity contribution is 0.0210. The molecule has 0 atom stereocenters. The summed E-state index contributed by atoms with van der Waals surface area (Å²) in [5.74, 6) is 0.000906. The van der Waals surface area contributed by atoms with Crippen LogP contribution in [-0.2, 0) is 0 Å². The fraction of sp³-hybridized carbons (Fsp3) is 0.615. The van der Waals surface area contributed by atoms with Gasteiger partial charge in [0.2, 0.25) is 0 Å². The average molecular weight is 239 g/mol. The molecule has 4 nitrogen and oxygen atoms in total. The molecule has 0 aromatic carbocycles. The smallest absolute Gasteiger partial charge is 0.287 e. The van der Waals surface area contributed by atoms with E-state index in [1.54, 1.807) is 12.1 Å². The molecule has 0 unspecified atom stereocenters. The molecule has 1 aromatic heterocycles. The van der Waals surface area contributed by atoms with Crippen LogP contribution in [0.1, 0.15) is 50.1 Å². The van der Waals surface area contributed by atoms with Crippen molar-refractivity contribution >= 4 is 5.91 Å². The van der Waals surface area contributed by atoms with Gasteiger partial charge in [-0.3, -0.25) is 4.79 Å². The minimum absolute atomic E-state index is 0.272. The molecule has 0 fully saturated rings. The maximum atomic E-state index is 11.6. The van der Waals surface area contributed by atoms with Crippen LogP contribution in [0.2, 0.25) is 0 Å². The lowest BCUT2D eigenvalue weighted by Gasteiger charge is -2.27. The van der Waals surface area contributed by atoms with Gasteiger partial charge < -0.3 is 14.8 Å². The number of carbonyl (C=O) groups is 1. The second-order valence-corrected chi connectivity index (χ2v) is 4.38. The van der Waals surface area contributed by atoms with Gasteiger partial charge in [0.05, 0.1) is 11.9 Å². The topological polar surface area (TPSA) is 62.5 Å². The van der Waals surface area contributed by atoms with Crippen molar-refractivity contribution in [3.8, 4) is 0 Å². The highest BCUT2D eigenvalue weighted by atomic mass is 16.3. The summed E-state index contributed by atoms with van der Waals surface area (Å²) < 4.78 is 4.99. The van der Waals surface area contributed by atoms with Gasteiger partial charge in [0, 0.05) is 6.54 Å². The summed E-state index contributed by atoms with van der Waals surface area (Å²) in [5.41, 5.74) is -0.800. The van der Waals surface area contributed by atoms with E-state index in [9.17, 15) is 9.90 Å². The fourth-order valence-corrected chi connectivity index (χ4v) is 1.97. The molecule has 0 saturated heterocycles. The molecule has 1 heterocycles. The van der Waals surface area contributed by atoms with E-state index < -0.39 is 5.60 Å². The van der Waals surface area contributed by atoms with E-state index >= 15 is 0 Å². The number of hydrogen-bond donors (Lipinski definition) is 2. The first-order chi connectivity index (χ1) is 8.11. The minimum atomic E-state index is -0.800. The van der Waals surface area contributed by atoms with Gasteiger partial charge in [-0.15, -0.1) is 0 Å². The van der Waals surface area contributed by atoms with Crippen molar-refractivity contribution in [3.63, 3.8) is 0 Å². The van der Waals surface area contributed by atoms with Crippen molar-refractivity contribution in [1.29, 1.82) is 0 Å². The van der Waals surface area contributed by atoms with E-state index in [1.165, 1.54) is 6.26 Å². The normalized spacial score (nSPS) is 11.5. The zero-order chi connectivity index (χ0) is 12.7. The van der Waals surface area contributed by atoms with Crippen LogP contribution in [0.4, 0.5) is 0 Å². The van der Waals surface area contributed by atoms with E-state index in [2.05, 4.69) is 5.32 Å². The molecule has 0 aliphatic heterocycles. The van der Waals surface area contributed by atoms with Crippen molar-refractivity contribution < 1.29 is 14.3 Å². The predicted octanol–water partition coefficient (Wildman–Crippen LogP) is 2.34. The molecule has 1 aromatic rings. The van der Waals surface area contributed by atoms with Crippen molar-refractivity contribution in [3.05, 3.63) is 24.2 Å². The van der Waals surface area contributed by atoms with Gasteiger partial charge in [-0.25, -0.2) is 0 Å². The van der Waals surface area contributed by atoms with Crippen LogP contribution in [0.3, 0.4) is 0 Å². The first-order valence-electron chi connectivity index (χ1n) is 6.15. The van der Waals surface area contributed by atoms with Crippen molar-refractivity contribution in [2.75, 3.05) is 6.54 Å². The Labute approximate surface area is 102 Å². The zero-order valence-corrected chi connectivity index (χ0v) is 10.5. The Hall–Kier alpha value is -1.29. The van der Waals surface area contributed by atoms with E-state index in [4.69, 9.17) is 4.42 Å². The van der Waals surface area contributed by atoms with Crippen LogP contribution in [0.5, 0.6) is 0 Å². The molecule has 4 heteroatoms. The Morgan fingerprint density at radius 1 is 1.41 bits per heavy atom. The molecule has 0 aliphatic rings. The monoisotopic (exact) mass is 239 g/mol. The highest BCUT2D eigenvalue weighted by Gasteiger charge is 2.25. The van der Waals surface area contributed by atoms with Gasteiger partial charge in [-0.05, 0) is 25.0 Å². The summed E-state index contributed by atoms with van der Waals surface area (Å²) in [6, 6.07) is 3.27. The molecule has 0 radical (unpaired) electrons. The van der Waals surface area contributed by atoms with Crippen molar-refractivity contribution in [2.24, 2.45) is 0 Å². The number of aliphatic hydroxyl groups is 1. The molecule has 1 amide bonds. The molecular formula is C13H21NO3.